The van der Waals surface area contributed by atoms with Crippen LogP contribution in [0, 0.1) is 13.8 Å². The van der Waals surface area contributed by atoms with E-state index in [2.05, 4.69) is 10.3 Å². The fourth-order valence-corrected chi connectivity index (χ4v) is 3.25. The molecular weight excluding hydrogens is 354 g/mol. The first-order valence-corrected chi connectivity index (χ1v) is 8.87. The van der Waals surface area contributed by atoms with Crippen LogP contribution in [0.5, 0.6) is 11.5 Å². The zero-order valence-electron chi connectivity index (χ0n) is 16.2. The molecule has 0 spiro atoms. The fourth-order valence-electron chi connectivity index (χ4n) is 3.25. The number of methoxy groups -OCH3 is 2. The maximum atomic E-state index is 5.46. The molecule has 0 aliphatic rings. The third-order valence-electron chi connectivity index (χ3n) is 4.52. The van der Waals surface area contributed by atoms with E-state index >= 15 is 0 Å². The van der Waals surface area contributed by atoms with Gasteiger partial charge in [-0.15, -0.1) is 0 Å². The fraction of sp³-hybridized carbons (Fsp3) is 0.190. The van der Waals surface area contributed by atoms with Gasteiger partial charge < -0.3 is 14.8 Å². The number of aryl methyl sites for hydroxylation is 2. The quantitative estimate of drug-likeness (QED) is 0.564. The Bertz CT molecular complexity index is 1140. The molecule has 7 nitrogen and oxygen atoms in total. The lowest BCUT2D eigenvalue weighted by Gasteiger charge is -2.11. The Balaban J connectivity index is 1.88. The van der Waals surface area contributed by atoms with Crippen molar-refractivity contribution in [1.82, 2.24) is 19.6 Å². The second-order valence-corrected chi connectivity index (χ2v) is 6.41. The van der Waals surface area contributed by atoms with Crippen LogP contribution in [-0.4, -0.2) is 33.8 Å². The van der Waals surface area contributed by atoms with Crippen LogP contribution in [-0.2, 0) is 0 Å². The summed E-state index contributed by atoms with van der Waals surface area (Å²) in [6.07, 6.45) is 3.49. The molecule has 0 fully saturated rings. The van der Waals surface area contributed by atoms with Crippen LogP contribution in [0.3, 0.4) is 0 Å². The maximum Gasteiger partial charge on any atom is 0.165 e. The third kappa shape index (κ3) is 3.11. The van der Waals surface area contributed by atoms with Gasteiger partial charge in [0, 0.05) is 35.4 Å². The molecule has 4 aromatic rings. The van der Waals surface area contributed by atoms with Crippen LogP contribution < -0.4 is 14.8 Å². The molecule has 0 radical (unpaired) electrons. The van der Waals surface area contributed by atoms with E-state index in [0.717, 1.165) is 39.7 Å². The second-order valence-electron chi connectivity index (χ2n) is 6.41. The van der Waals surface area contributed by atoms with Crippen molar-refractivity contribution in [2.45, 2.75) is 13.8 Å². The zero-order chi connectivity index (χ0) is 19.7. The standard InChI is InChI=1S/C21H21N5O2/c1-13-11-19(24-16-7-9-22-10-8-16)26-21(23-13)20(14(2)25-26)15-5-6-17(27-3)18(12-15)28-4/h5-12H,1-4H3,(H,22,24). The van der Waals surface area contributed by atoms with Gasteiger partial charge in [0.25, 0.3) is 0 Å². The highest BCUT2D eigenvalue weighted by atomic mass is 16.5. The minimum absolute atomic E-state index is 0.668. The van der Waals surface area contributed by atoms with Crippen LogP contribution in [0.4, 0.5) is 11.5 Å². The molecular formula is C21H21N5O2. The number of hydrogen-bond acceptors (Lipinski definition) is 6. The molecule has 0 aliphatic heterocycles. The van der Waals surface area contributed by atoms with Crippen molar-refractivity contribution in [2.75, 3.05) is 19.5 Å². The van der Waals surface area contributed by atoms with Gasteiger partial charge >= 0.3 is 0 Å². The first kappa shape index (κ1) is 17.8. The molecule has 1 aromatic carbocycles. The van der Waals surface area contributed by atoms with E-state index in [4.69, 9.17) is 19.6 Å². The van der Waals surface area contributed by atoms with Crippen LogP contribution in [0.15, 0.2) is 48.8 Å². The molecule has 0 amide bonds. The largest absolute Gasteiger partial charge is 0.493 e. The molecule has 0 unspecified atom stereocenters. The van der Waals surface area contributed by atoms with Crippen LogP contribution in [0.25, 0.3) is 16.8 Å². The van der Waals surface area contributed by atoms with Gasteiger partial charge in [-0.2, -0.15) is 9.61 Å². The lowest BCUT2D eigenvalue weighted by Crippen LogP contribution is -2.02. The Morgan fingerprint density at radius 1 is 0.929 bits per heavy atom. The molecule has 0 atom stereocenters. The number of hydrogen-bond donors (Lipinski definition) is 1. The average molecular weight is 375 g/mol. The van der Waals surface area contributed by atoms with Crippen molar-refractivity contribution in [3.8, 4) is 22.6 Å². The zero-order valence-corrected chi connectivity index (χ0v) is 16.2. The molecule has 0 saturated carbocycles. The summed E-state index contributed by atoms with van der Waals surface area (Å²) >= 11 is 0. The van der Waals surface area contributed by atoms with E-state index < -0.39 is 0 Å². The number of aromatic nitrogens is 4. The molecule has 0 bridgehead atoms. The number of nitrogens with zero attached hydrogens (tertiary/aromatic N) is 4. The lowest BCUT2D eigenvalue weighted by atomic mass is 10.1. The summed E-state index contributed by atoms with van der Waals surface area (Å²) in [4.78, 5) is 8.81. The Labute approximate surface area is 163 Å². The Morgan fingerprint density at radius 2 is 1.68 bits per heavy atom. The summed E-state index contributed by atoms with van der Waals surface area (Å²) in [5.74, 6) is 2.19. The van der Waals surface area contributed by atoms with Crippen LogP contribution in [0.2, 0.25) is 0 Å². The molecule has 0 aliphatic carbocycles. The molecule has 142 valence electrons. The number of anilines is 2. The number of rotatable bonds is 5. The van der Waals surface area contributed by atoms with E-state index in [-0.39, 0.29) is 0 Å². The van der Waals surface area contributed by atoms with Gasteiger partial charge in [0.05, 0.1) is 19.9 Å². The topological polar surface area (TPSA) is 73.6 Å². The highest BCUT2D eigenvalue weighted by Gasteiger charge is 2.18. The van der Waals surface area contributed by atoms with Crippen LogP contribution in [0.1, 0.15) is 11.4 Å². The second kappa shape index (κ2) is 7.19. The number of benzene rings is 1. The van der Waals surface area contributed by atoms with E-state index in [1.165, 1.54) is 0 Å². The van der Waals surface area contributed by atoms with Crippen molar-refractivity contribution >= 4 is 17.2 Å². The number of fused-ring (bicyclic) bond motifs is 1. The molecule has 3 heterocycles. The number of pyridine rings is 1. The summed E-state index contributed by atoms with van der Waals surface area (Å²) in [6, 6.07) is 11.6. The number of ether oxygens (including phenoxy) is 2. The molecule has 0 saturated heterocycles. The number of nitrogens with one attached hydrogen (secondary N) is 1. The Kier molecular flexibility index (Phi) is 4.57. The monoisotopic (exact) mass is 375 g/mol. The Hall–Kier alpha value is -3.61. The third-order valence-corrected chi connectivity index (χ3v) is 4.52. The van der Waals surface area contributed by atoms with Gasteiger partial charge in [0.15, 0.2) is 17.1 Å². The van der Waals surface area contributed by atoms with Crippen molar-refractivity contribution in [2.24, 2.45) is 0 Å². The molecule has 3 aromatic heterocycles. The van der Waals surface area contributed by atoms with Gasteiger partial charge in [-0.1, -0.05) is 6.07 Å². The summed E-state index contributed by atoms with van der Waals surface area (Å²) in [5.41, 5.74) is 5.42. The molecule has 7 heteroatoms. The summed E-state index contributed by atoms with van der Waals surface area (Å²) in [6.45, 7) is 3.95. The van der Waals surface area contributed by atoms with Crippen molar-refractivity contribution in [1.29, 1.82) is 0 Å². The lowest BCUT2D eigenvalue weighted by molar-refractivity contribution is 0.355. The maximum absolute atomic E-state index is 5.46. The van der Waals surface area contributed by atoms with Gasteiger partial charge in [-0.05, 0) is 43.7 Å². The van der Waals surface area contributed by atoms with E-state index in [0.29, 0.717) is 11.5 Å². The van der Waals surface area contributed by atoms with Gasteiger partial charge in [0.1, 0.15) is 5.82 Å². The predicted octanol–water partition coefficient (Wildman–Crippen LogP) is 4.17. The summed E-state index contributed by atoms with van der Waals surface area (Å²) in [5, 5.41) is 8.13. The van der Waals surface area contributed by atoms with E-state index in [9.17, 15) is 0 Å². The SMILES string of the molecule is COc1ccc(-c2c(C)nn3c(Nc4ccncc4)cc(C)nc23)cc1OC. The Morgan fingerprint density at radius 3 is 2.39 bits per heavy atom. The van der Waals surface area contributed by atoms with E-state index in [1.54, 1.807) is 26.6 Å². The van der Waals surface area contributed by atoms with Crippen molar-refractivity contribution in [3.05, 3.63) is 60.2 Å². The highest BCUT2D eigenvalue weighted by Crippen LogP contribution is 2.36. The first-order valence-electron chi connectivity index (χ1n) is 8.87. The molecule has 28 heavy (non-hydrogen) atoms. The minimum Gasteiger partial charge on any atom is -0.493 e. The average Bonchev–Trinajstić information content (AvgIpc) is 3.04. The predicted molar refractivity (Wildman–Crippen MR) is 109 cm³/mol. The minimum atomic E-state index is 0.668. The van der Waals surface area contributed by atoms with Gasteiger partial charge in [-0.3, -0.25) is 4.98 Å². The first-order chi connectivity index (χ1) is 13.6. The smallest absolute Gasteiger partial charge is 0.165 e. The van der Waals surface area contributed by atoms with Crippen molar-refractivity contribution < 1.29 is 9.47 Å². The normalized spacial score (nSPS) is 10.9. The highest BCUT2D eigenvalue weighted by molar-refractivity contribution is 5.82. The van der Waals surface area contributed by atoms with Gasteiger partial charge in [-0.25, -0.2) is 4.98 Å². The summed E-state index contributed by atoms with van der Waals surface area (Å²) < 4.78 is 12.6. The van der Waals surface area contributed by atoms with Gasteiger partial charge in [0.2, 0.25) is 0 Å². The van der Waals surface area contributed by atoms with Crippen molar-refractivity contribution in [3.63, 3.8) is 0 Å². The molecule has 4 rings (SSSR count). The molecule has 1 N–H and O–H groups in total. The van der Waals surface area contributed by atoms with Crippen LogP contribution >= 0.6 is 0 Å². The van der Waals surface area contributed by atoms with E-state index in [1.807, 2.05) is 54.8 Å². The summed E-state index contributed by atoms with van der Waals surface area (Å²) in [7, 11) is 3.25.